The van der Waals surface area contributed by atoms with Crippen LogP contribution in [0.5, 0.6) is 5.75 Å². The van der Waals surface area contributed by atoms with Gasteiger partial charge in [-0.05, 0) is 17.5 Å². The highest BCUT2D eigenvalue weighted by Crippen LogP contribution is 2.34. The van der Waals surface area contributed by atoms with Crippen LogP contribution < -0.4 is 15.6 Å². The van der Waals surface area contributed by atoms with Crippen LogP contribution >= 0.6 is 0 Å². The maximum Gasteiger partial charge on any atom is 0.122 e. The van der Waals surface area contributed by atoms with E-state index in [1.165, 1.54) is 11.1 Å². The van der Waals surface area contributed by atoms with E-state index in [0.29, 0.717) is 5.92 Å². The Balaban J connectivity index is 2.45. The van der Waals surface area contributed by atoms with E-state index < -0.39 is 0 Å². The molecule has 0 unspecified atom stereocenters. The molecule has 0 aromatic heterocycles. The van der Waals surface area contributed by atoms with Crippen LogP contribution in [-0.4, -0.2) is 20.2 Å². The predicted octanol–water partition coefficient (Wildman–Crippen LogP) is 2.18. The van der Waals surface area contributed by atoms with Crippen LogP contribution in [0, 0.1) is 0 Å². The predicted molar refractivity (Wildman–Crippen MR) is 70.4 cm³/mol. The summed E-state index contributed by atoms with van der Waals surface area (Å²) >= 11 is 0. The molecule has 0 aliphatic carbocycles. The molecule has 0 amide bonds. The minimum atomic E-state index is 0.107. The van der Waals surface area contributed by atoms with Gasteiger partial charge in [-0.15, -0.1) is 0 Å². The van der Waals surface area contributed by atoms with E-state index in [4.69, 9.17) is 4.74 Å². The number of ether oxygens (including phenoxy) is 1. The molecule has 0 bridgehead atoms. The molecule has 1 heterocycles. The zero-order chi connectivity index (χ0) is 12.5. The number of hydrogen-bond donors (Lipinski definition) is 2. The molecule has 1 fully saturated rings. The first-order valence-corrected chi connectivity index (χ1v) is 6.21. The Morgan fingerprint density at radius 2 is 1.88 bits per heavy atom. The zero-order valence-electron chi connectivity index (χ0n) is 11.1. The molecule has 1 aliphatic heterocycles. The molecule has 1 aromatic carbocycles. The van der Waals surface area contributed by atoms with Gasteiger partial charge in [0.25, 0.3) is 0 Å². The van der Waals surface area contributed by atoms with Crippen LogP contribution in [0.1, 0.15) is 37.8 Å². The molecule has 0 radical (unpaired) electrons. The Morgan fingerprint density at radius 3 is 2.41 bits per heavy atom. The SMILES string of the molecule is COc1ccc(C(C)C)cc1C1(C)CNNC1. The van der Waals surface area contributed by atoms with Crippen molar-refractivity contribution in [3.05, 3.63) is 29.3 Å². The van der Waals surface area contributed by atoms with Gasteiger partial charge < -0.3 is 4.74 Å². The van der Waals surface area contributed by atoms with Gasteiger partial charge >= 0.3 is 0 Å². The van der Waals surface area contributed by atoms with Crippen LogP contribution in [0.3, 0.4) is 0 Å². The summed E-state index contributed by atoms with van der Waals surface area (Å²) in [5, 5.41) is 0. The Kier molecular flexibility index (Phi) is 3.40. The largest absolute Gasteiger partial charge is 0.496 e. The normalized spacial score (nSPS) is 18.6. The molecule has 2 N–H and O–H groups in total. The van der Waals surface area contributed by atoms with Gasteiger partial charge in [-0.2, -0.15) is 0 Å². The molecule has 1 saturated heterocycles. The highest BCUT2D eigenvalue weighted by Gasteiger charge is 2.33. The molecular weight excluding hydrogens is 212 g/mol. The molecular formula is C14H22N2O. The van der Waals surface area contributed by atoms with Crippen LogP contribution in [0.25, 0.3) is 0 Å². The molecule has 94 valence electrons. The van der Waals surface area contributed by atoms with Crippen molar-refractivity contribution in [2.24, 2.45) is 0 Å². The number of methoxy groups -OCH3 is 1. The lowest BCUT2D eigenvalue weighted by molar-refractivity contribution is 0.394. The topological polar surface area (TPSA) is 33.3 Å². The van der Waals surface area contributed by atoms with Crippen LogP contribution in [0.2, 0.25) is 0 Å². The van der Waals surface area contributed by atoms with E-state index >= 15 is 0 Å². The summed E-state index contributed by atoms with van der Waals surface area (Å²) in [6.07, 6.45) is 0. The van der Waals surface area contributed by atoms with Crippen molar-refractivity contribution < 1.29 is 4.74 Å². The van der Waals surface area contributed by atoms with Crippen molar-refractivity contribution in [1.82, 2.24) is 10.9 Å². The average molecular weight is 234 g/mol. The molecule has 2 rings (SSSR count). The fourth-order valence-corrected chi connectivity index (χ4v) is 2.32. The summed E-state index contributed by atoms with van der Waals surface area (Å²) in [5.74, 6) is 1.54. The molecule has 0 saturated carbocycles. The van der Waals surface area contributed by atoms with Gasteiger partial charge in [0.15, 0.2) is 0 Å². The van der Waals surface area contributed by atoms with E-state index in [9.17, 15) is 0 Å². The van der Waals surface area contributed by atoms with E-state index in [2.05, 4.69) is 49.8 Å². The molecule has 17 heavy (non-hydrogen) atoms. The highest BCUT2D eigenvalue weighted by molar-refractivity contribution is 5.44. The van der Waals surface area contributed by atoms with Gasteiger partial charge in [0.1, 0.15) is 5.75 Å². The molecule has 3 heteroatoms. The monoisotopic (exact) mass is 234 g/mol. The average Bonchev–Trinajstić information content (AvgIpc) is 2.76. The summed E-state index contributed by atoms with van der Waals surface area (Å²) in [7, 11) is 1.74. The second kappa shape index (κ2) is 4.67. The molecule has 1 aromatic rings. The third-order valence-corrected chi connectivity index (χ3v) is 3.62. The first-order chi connectivity index (χ1) is 8.07. The van der Waals surface area contributed by atoms with Crippen molar-refractivity contribution in [3.8, 4) is 5.75 Å². The minimum Gasteiger partial charge on any atom is -0.496 e. The number of nitrogens with one attached hydrogen (secondary N) is 2. The quantitative estimate of drug-likeness (QED) is 0.841. The van der Waals surface area contributed by atoms with Crippen molar-refractivity contribution >= 4 is 0 Å². The second-order valence-electron chi connectivity index (χ2n) is 5.38. The third kappa shape index (κ3) is 2.31. The van der Waals surface area contributed by atoms with Crippen molar-refractivity contribution in [2.75, 3.05) is 20.2 Å². The van der Waals surface area contributed by atoms with Gasteiger partial charge in [0, 0.05) is 24.1 Å². The van der Waals surface area contributed by atoms with Crippen LogP contribution in [-0.2, 0) is 5.41 Å². The Morgan fingerprint density at radius 1 is 1.24 bits per heavy atom. The van der Waals surface area contributed by atoms with Crippen LogP contribution in [0.4, 0.5) is 0 Å². The second-order valence-corrected chi connectivity index (χ2v) is 5.38. The first-order valence-electron chi connectivity index (χ1n) is 6.21. The highest BCUT2D eigenvalue weighted by atomic mass is 16.5. The number of hydrogen-bond acceptors (Lipinski definition) is 3. The fraction of sp³-hybridized carbons (Fsp3) is 0.571. The van der Waals surface area contributed by atoms with Crippen molar-refractivity contribution in [2.45, 2.75) is 32.1 Å². The maximum absolute atomic E-state index is 5.50. The molecule has 0 atom stereocenters. The molecule has 1 aliphatic rings. The summed E-state index contributed by atoms with van der Waals surface area (Å²) in [5.41, 5.74) is 9.18. The fourth-order valence-electron chi connectivity index (χ4n) is 2.32. The van der Waals surface area contributed by atoms with E-state index in [1.54, 1.807) is 7.11 Å². The van der Waals surface area contributed by atoms with Gasteiger partial charge in [-0.3, -0.25) is 10.9 Å². The van der Waals surface area contributed by atoms with E-state index in [0.717, 1.165) is 18.8 Å². The Hall–Kier alpha value is -1.06. The maximum atomic E-state index is 5.50. The van der Waals surface area contributed by atoms with Gasteiger partial charge in [0.05, 0.1) is 7.11 Å². The summed E-state index contributed by atoms with van der Waals surface area (Å²) in [4.78, 5) is 0. The van der Waals surface area contributed by atoms with Crippen LogP contribution in [0.15, 0.2) is 18.2 Å². The summed E-state index contributed by atoms with van der Waals surface area (Å²) in [6.45, 7) is 8.58. The lowest BCUT2D eigenvalue weighted by atomic mass is 9.81. The lowest BCUT2D eigenvalue weighted by Gasteiger charge is -2.26. The lowest BCUT2D eigenvalue weighted by Crippen LogP contribution is -2.28. The number of rotatable bonds is 3. The summed E-state index contributed by atoms with van der Waals surface area (Å²) < 4.78 is 5.50. The van der Waals surface area contributed by atoms with Gasteiger partial charge in [0.2, 0.25) is 0 Å². The standard InChI is InChI=1S/C14H22N2O/c1-10(2)11-5-6-13(17-4)12(7-11)14(3)8-15-16-9-14/h5-7,10,15-16H,8-9H2,1-4H3. The number of hydrazine groups is 1. The van der Waals surface area contributed by atoms with Gasteiger partial charge in [-0.1, -0.05) is 32.9 Å². The van der Waals surface area contributed by atoms with E-state index in [1.807, 2.05) is 0 Å². The number of benzene rings is 1. The first kappa shape index (κ1) is 12.4. The van der Waals surface area contributed by atoms with E-state index in [-0.39, 0.29) is 5.41 Å². The minimum absolute atomic E-state index is 0.107. The van der Waals surface area contributed by atoms with Gasteiger partial charge in [-0.25, -0.2) is 0 Å². The molecule has 0 spiro atoms. The third-order valence-electron chi connectivity index (χ3n) is 3.62. The Labute approximate surface area is 104 Å². The Bertz CT molecular complexity index is 395. The molecule has 3 nitrogen and oxygen atoms in total. The summed E-state index contributed by atoms with van der Waals surface area (Å²) in [6, 6.07) is 6.54. The van der Waals surface area contributed by atoms with Crippen molar-refractivity contribution in [3.63, 3.8) is 0 Å². The van der Waals surface area contributed by atoms with Crippen molar-refractivity contribution in [1.29, 1.82) is 0 Å². The smallest absolute Gasteiger partial charge is 0.122 e. The zero-order valence-corrected chi connectivity index (χ0v) is 11.1.